The molecule has 7 rings (SSSR count). The molecule has 5 aromatic rings. The summed E-state index contributed by atoms with van der Waals surface area (Å²) in [7, 11) is 0. The molecule has 0 saturated carbocycles. The number of fused-ring (bicyclic) bond motifs is 3. The van der Waals surface area contributed by atoms with Crippen molar-refractivity contribution in [2.75, 3.05) is 24.5 Å². The van der Waals surface area contributed by atoms with Gasteiger partial charge in [-0.3, -0.25) is 19.5 Å². The number of amides is 4. The van der Waals surface area contributed by atoms with Gasteiger partial charge in [-0.25, -0.2) is 4.79 Å². The Hall–Kier alpha value is -5.02. The number of nitrogens with zero attached hydrogens (tertiary/aromatic N) is 4. The molecule has 1 saturated heterocycles. The van der Waals surface area contributed by atoms with Gasteiger partial charge < -0.3 is 15.1 Å². The fourth-order valence-corrected chi connectivity index (χ4v) is 7.28. The molecule has 4 amide bonds. The average Bonchev–Trinajstić information content (AvgIpc) is 3.52. The Morgan fingerprint density at radius 1 is 0.867 bits per heavy atom. The van der Waals surface area contributed by atoms with Crippen molar-refractivity contribution in [1.29, 1.82) is 0 Å². The van der Waals surface area contributed by atoms with Gasteiger partial charge in [0.1, 0.15) is 11.0 Å². The van der Waals surface area contributed by atoms with Gasteiger partial charge in [0.05, 0.1) is 23.7 Å². The Morgan fingerprint density at radius 2 is 1.62 bits per heavy atom. The first-order valence-corrected chi connectivity index (χ1v) is 16.1. The van der Waals surface area contributed by atoms with Crippen molar-refractivity contribution in [2.45, 2.75) is 25.6 Å². The van der Waals surface area contributed by atoms with Gasteiger partial charge in [-0.1, -0.05) is 84.9 Å². The summed E-state index contributed by atoms with van der Waals surface area (Å²) < 4.78 is 0. The first kappa shape index (κ1) is 28.7. The molecule has 4 heterocycles. The highest BCUT2D eigenvalue weighted by Gasteiger charge is 2.47. The average molecular weight is 616 g/mol. The quantitative estimate of drug-likeness (QED) is 0.253. The number of urea groups is 1. The molecule has 0 radical (unpaired) electrons. The van der Waals surface area contributed by atoms with E-state index in [1.165, 1.54) is 11.3 Å². The molecule has 2 aromatic heterocycles. The van der Waals surface area contributed by atoms with Crippen molar-refractivity contribution < 1.29 is 14.4 Å². The zero-order chi connectivity index (χ0) is 30.8. The molecule has 1 N–H and O–H groups in total. The maximum absolute atomic E-state index is 14.4. The van der Waals surface area contributed by atoms with E-state index < -0.39 is 12.1 Å². The normalized spacial score (nSPS) is 18.0. The molecule has 3 aromatic carbocycles. The molecular formula is C36H33N5O3S. The highest BCUT2D eigenvalue weighted by Crippen LogP contribution is 2.38. The van der Waals surface area contributed by atoms with Gasteiger partial charge >= 0.3 is 6.03 Å². The Bertz CT molecular complexity index is 1840. The molecule has 2 aliphatic rings. The number of anilines is 1. The second-order valence-corrected chi connectivity index (χ2v) is 12.4. The third kappa shape index (κ3) is 5.79. The third-order valence-corrected chi connectivity index (χ3v) is 9.52. The van der Waals surface area contributed by atoms with Gasteiger partial charge in [0.15, 0.2) is 0 Å². The number of nitrogens with one attached hydrogen (secondary N) is 1. The van der Waals surface area contributed by atoms with E-state index in [0.29, 0.717) is 36.5 Å². The number of rotatable bonds is 7. The van der Waals surface area contributed by atoms with E-state index in [9.17, 15) is 14.4 Å². The largest absolute Gasteiger partial charge is 0.337 e. The number of hydrogen-bond donors (Lipinski definition) is 1. The second-order valence-electron chi connectivity index (χ2n) is 11.5. The van der Waals surface area contributed by atoms with Crippen LogP contribution in [0.2, 0.25) is 0 Å². The van der Waals surface area contributed by atoms with Crippen LogP contribution in [0.3, 0.4) is 0 Å². The van der Waals surface area contributed by atoms with E-state index in [-0.39, 0.29) is 30.9 Å². The molecule has 2 aliphatic heterocycles. The minimum absolute atomic E-state index is 0.0400. The number of pyridine rings is 1. The van der Waals surface area contributed by atoms with Crippen molar-refractivity contribution in [1.82, 2.24) is 20.1 Å². The standard InChI is InChI=1S/C36H33N5O3S/c42-34-29(21-26-11-5-2-6-12-26)23-40-31(24-39(34)22-28-14-7-13-27-15-8-18-37-32(27)28)41(30-17-20-45-33(30)35(40)43)36(44)38-19-16-25-9-3-1-4-10-25/h1-15,17-18,20,29,31H,16,19,21-24H2,(H,38,44)/t29-,31?/m1/s1. The van der Waals surface area contributed by atoms with Crippen LogP contribution in [0.15, 0.2) is 109 Å². The molecular weight excluding hydrogens is 582 g/mol. The number of para-hydroxylation sites is 1. The summed E-state index contributed by atoms with van der Waals surface area (Å²) in [6.07, 6.45) is 2.27. The molecule has 9 heteroatoms. The smallest absolute Gasteiger partial charge is 0.323 e. The highest BCUT2D eigenvalue weighted by molar-refractivity contribution is 7.12. The van der Waals surface area contributed by atoms with Crippen LogP contribution in [0.25, 0.3) is 10.9 Å². The van der Waals surface area contributed by atoms with Crippen LogP contribution in [-0.2, 0) is 24.2 Å². The first-order valence-electron chi connectivity index (χ1n) is 15.2. The molecule has 2 atom stereocenters. The fraction of sp³-hybridized carbons (Fsp3) is 0.222. The lowest BCUT2D eigenvalue weighted by atomic mass is 9.97. The summed E-state index contributed by atoms with van der Waals surface area (Å²) in [5, 5.41) is 5.94. The lowest BCUT2D eigenvalue weighted by Crippen LogP contribution is -2.62. The number of hydrogen-bond acceptors (Lipinski definition) is 5. The molecule has 0 spiro atoms. The zero-order valence-electron chi connectivity index (χ0n) is 24.7. The topological polar surface area (TPSA) is 85.8 Å². The lowest BCUT2D eigenvalue weighted by Gasteiger charge is -2.43. The van der Waals surface area contributed by atoms with Crippen LogP contribution in [0.5, 0.6) is 0 Å². The number of aromatic nitrogens is 1. The van der Waals surface area contributed by atoms with Crippen LogP contribution in [-0.4, -0.2) is 58.4 Å². The predicted molar refractivity (Wildman–Crippen MR) is 176 cm³/mol. The Morgan fingerprint density at radius 3 is 2.42 bits per heavy atom. The van der Waals surface area contributed by atoms with E-state index >= 15 is 0 Å². The molecule has 0 aliphatic carbocycles. The minimum atomic E-state index is -0.663. The van der Waals surface area contributed by atoms with Gasteiger partial charge in [0.2, 0.25) is 5.91 Å². The maximum Gasteiger partial charge on any atom is 0.323 e. The number of carbonyl (C=O) groups excluding carboxylic acids is 3. The number of thiophene rings is 1. The molecule has 1 unspecified atom stereocenters. The monoisotopic (exact) mass is 615 g/mol. The number of carbonyl (C=O) groups is 3. The first-order chi connectivity index (χ1) is 22.1. The molecule has 226 valence electrons. The van der Waals surface area contributed by atoms with Crippen molar-refractivity contribution in [3.63, 3.8) is 0 Å². The minimum Gasteiger partial charge on any atom is -0.337 e. The van der Waals surface area contributed by atoms with E-state index in [2.05, 4.69) is 10.3 Å². The SMILES string of the molecule is O=C1[C@H](Cc2ccccc2)CN2C(=O)c3sccc3N(C(=O)NCCc3ccccc3)C2CN1Cc1cccc2cccnc12. The van der Waals surface area contributed by atoms with Crippen molar-refractivity contribution >= 4 is 45.8 Å². The zero-order valence-corrected chi connectivity index (χ0v) is 25.5. The predicted octanol–water partition coefficient (Wildman–Crippen LogP) is 5.74. The van der Waals surface area contributed by atoms with Gasteiger partial charge in [0, 0.05) is 31.2 Å². The summed E-state index contributed by atoms with van der Waals surface area (Å²) in [6.45, 7) is 1.16. The molecule has 0 bridgehead atoms. The van der Waals surface area contributed by atoms with Gasteiger partial charge in [-0.2, -0.15) is 0 Å². The van der Waals surface area contributed by atoms with Crippen molar-refractivity contribution in [3.05, 3.63) is 130 Å². The summed E-state index contributed by atoms with van der Waals surface area (Å²) in [5.74, 6) is -0.659. The van der Waals surface area contributed by atoms with E-state index in [0.717, 1.165) is 27.6 Å². The van der Waals surface area contributed by atoms with Crippen LogP contribution < -0.4 is 10.2 Å². The summed E-state index contributed by atoms with van der Waals surface area (Å²) in [6, 6.07) is 31.3. The Labute approximate surface area is 265 Å². The van der Waals surface area contributed by atoms with Crippen molar-refractivity contribution in [2.24, 2.45) is 5.92 Å². The fourth-order valence-electron chi connectivity index (χ4n) is 6.45. The van der Waals surface area contributed by atoms with E-state index in [1.54, 1.807) is 16.0 Å². The third-order valence-electron chi connectivity index (χ3n) is 8.63. The van der Waals surface area contributed by atoms with E-state index in [1.807, 2.05) is 107 Å². The van der Waals surface area contributed by atoms with Gasteiger partial charge in [-0.15, -0.1) is 11.3 Å². The van der Waals surface area contributed by atoms with Crippen LogP contribution in [0.1, 0.15) is 26.4 Å². The maximum atomic E-state index is 14.4. The Balaban J connectivity index is 1.24. The number of benzene rings is 3. The molecule has 8 nitrogen and oxygen atoms in total. The summed E-state index contributed by atoms with van der Waals surface area (Å²) in [5.41, 5.74) is 4.50. The molecule has 1 fully saturated rings. The summed E-state index contributed by atoms with van der Waals surface area (Å²) in [4.78, 5) is 52.8. The van der Waals surface area contributed by atoms with Crippen molar-refractivity contribution in [3.8, 4) is 0 Å². The van der Waals surface area contributed by atoms with Crippen LogP contribution in [0.4, 0.5) is 10.5 Å². The summed E-state index contributed by atoms with van der Waals surface area (Å²) >= 11 is 1.33. The Kier molecular flexibility index (Phi) is 8.00. The highest BCUT2D eigenvalue weighted by atomic mass is 32.1. The van der Waals surface area contributed by atoms with Gasteiger partial charge in [0.25, 0.3) is 5.91 Å². The van der Waals surface area contributed by atoms with E-state index in [4.69, 9.17) is 0 Å². The molecule has 45 heavy (non-hydrogen) atoms. The second kappa shape index (κ2) is 12.5. The van der Waals surface area contributed by atoms with Gasteiger partial charge in [-0.05, 0) is 47.0 Å². The van der Waals surface area contributed by atoms with Crippen LogP contribution in [0, 0.1) is 5.92 Å². The lowest BCUT2D eigenvalue weighted by molar-refractivity contribution is -0.135. The van der Waals surface area contributed by atoms with Crippen LogP contribution >= 0.6 is 11.3 Å².